The summed E-state index contributed by atoms with van der Waals surface area (Å²) in [5.74, 6) is -0.0102. The second-order valence-electron chi connectivity index (χ2n) is 4.88. The molecular formula is C13H19ClN2O. The molecular weight excluding hydrogens is 236 g/mol. The maximum atomic E-state index is 12.0. The van der Waals surface area contributed by atoms with Gasteiger partial charge in [-0.2, -0.15) is 0 Å². The zero-order valence-corrected chi connectivity index (χ0v) is 11.5. The van der Waals surface area contributed by atoms with Gasteiger partial charge in [0, 0.05) is 11.1 Å². The SMILES string of the molecule is CCC(C)(C)C(=O)Nc1cc(Cl)c(N)cc1C. The van der Waals surface area contributed by atoms with Crippen LogP contribution in [0.15, 0.2) is 12.1 Å². The Labute approximate surface area is 107 Å². The van der Waals surface area contributed by atoms with Crippen molar-refractivity contribution in [2.24, 2.45) is 5.41 Å². The van der Waals surface area contributed by atoms with Gasteiger partial charge in [-0.05, 0) is 31.0 Å². The summed E-state index contributed by atoms with van der Waals surface area (Å²) in [4.78, 5) is 12.0. The van der Waals surface area contributed by atoms with E-state index in [4.69, 9.17) is 17.3 Å². The third-order valence-electron chi connectivity index (χ3n) is 3.09. The Morgan fingerprint density at radius 2 is 2.06 bits per heavy atom. The molecule has 0 aliphatic rings. The predicted molar refractivity (Wildman–Crippen MR) is 73.3 cm³/mol. The monoisotopic (exact) mass is 254 g/mol. The summed E-state index contributed by atoms with van der Waals surface area (Å²) in [5, 5.41) is 3.35. The zero-order chi connectivity index (χ0) is 13.2. The van der Waals surface area contributed by atoms with Crippen LogP contribution in [0.25, 0.3) is 0 Å². The van der Waals surface area contributed by atoms with Crippen molar-refractivity contribution in [3.63, 3.8) is 0 Å². The molecule has 0 aromatic heterocycles. The van der Waals surface area contributed by atoms with Gasteiger partial charge in [-0.25, -0.2) is 0 Å². The van der Waals surface area contributed by atoms with Crippen LogP contribution < -0.4 is 11.1 Å². The number of rotatable bonds is 3. The number of hydrogen-bond donors (Lipinski definition) is 2. The Balaban J connectivity index is 2.97. The van der Waals surface area contributed by atoms with Gasteiger partial charge in [-0.15, -0.1) is 0 Å². The maximum Gasteiger partial charge on any atom is 0.230 e. The van der Waals surface area contributed by atoms with E-state index < -0.39 is 0 Å². The van der Waals surface area contributed by atoms with Crippen LogP contribution in [0.1, 0.15) is 32.8 Å². The van der Waals surface area contributed by atoms with Crippen molar-refractivity contribution in [3.8, 4) is 0 Å². The molecule has 0 atom stereocenters. The van der Waals surface area contributed by atoms with E-state index >= 15 is 0 Å². The third-order valence-corrected chi connectivity index (χ3v) is 3.42. The lowest BCUT2D eigenvalue weighted by Crippen LogP contribution is -2.30. The minimum absolute atomic E-state index is 0.0102. The van der Waals surface area contributed by atoms with Gasteiger partial charge in [0.05, 0.1) is 10.7 Å². The molecule has 3 nitrogen and oxygen atoms in total. The van der Waals surface area contributed by atoms with Crippen LogP contribution in [0.3, 0.4) is 0 Å². The fraction of sp³-hybridized carbons (Fsp3) is 0.462. The Morgan fingerprint density at radius 3 is 2.59 bits per heavy atom. The molecule has 0 heterocycles. The number of nitrogens with one attached hydrogen (secondary N) is 1. The maximum absolute atomic E-state index is 12.0. The number of aryl methyl sites for hydroxylation is 1. The molecule has 0 spiro atoms. The summed E-state index contributed by atoms with van der Waals surface area (Å²) in [6.07, 6.45) is 0.778. The van der Waals surface area contributed by atoms with E-state index in [0.717, 1.165) is 17.7 Å². The Hall–Kier alpha value is -1.22. The molecule has 1 aromatic carbocycles. The highest BCUT2D eigenvalue weighted by atomic mass is 35.5. The minimum Gasteiger partial charge on any atom is -0.398 e. The van der Waals surface area contributed by atoms with Crippen LogP contribution in [0.2, 0.25) is 5.02 Å². The normalized spacial score (nSPS) is 11.4. The summed E-state index contributed by atoms with van der Waals surface area (Å²) in [5.41, 5.74) is 7.45. The van der Waals surface area contributed by atoms with Crippen LogP contribution in [-0.2, 0) is 4.79 Å². The van der Waals surface area contributed by atoms with Crippen LogP contribution in [0.5, 0.6) is 0 Å². The molecule has 94 valence electrons. The Bertz CT molecular complexity index is 441. The van der Waals surface area contributed by atoms with Gasteiger partial charge in [-0.1, -0.05) is 32.4 Å². The summed E-state index contributed by atoms with van der Waals surface area (Å²) in [7, 11) is 0. The quantitative estimate of drug-likeness (QED) is 0.810. The van der Waals surface area contributed by atoms with Crippen molar-refractivity contribution >= 4 is 28.9 Å². The average Bonchev–Trinajstić information content (AvgIpc) is 2.25. The standard InChI is InChI=1S/C13H19ClN2O/c1-5-13(3,4)12(17)16-11-7-9(14)10(15)6-8(11)2/h6-7H,5,15H2,1-4H3,(H,16,17). The minimum atomic E-state index is -0.389. The predicted octanol–water partition coefficient (Wildman–Crippen LogP) is 3.61. The summed E-state index contributed by atoms with van der Waals surface area (Å²) >= 11 is 5.94. The number of hydrogen-bond acceptors (Lipinski definition) is 2. The number of carbonyl (C=O) groups is 1. The third kappa shape index (κ3) is 3.13. The topological polar surface area (TPSA) is 55.1 Å². The van der Waals surface area contributed by atoms with Crippen LogP contribution in [-0.4, -0.2) is 5.91 Å². The molecule has 1 rings (SSSR count). The molecule has 0 saturated heterocycles. The highest BCUT2D eigenvalue weighted by molar-refractivity contribution is 6.33. The van der Waals surface area contributed by atoms with Crippen molar-refractivity contribution in [1.82, 2.24) is 0 Å². The molecule has 17 heavy (non-hydrogen) atoms. The number of carbonyl (C=O) groups excluding carboxylic acids is 1. The van der Waals surface area contributed by atoms with Gasteiger partial charge >= 0.3 is 0 Å². The molecule has 3 N–H and O–H groups in total. The van der Waals surface area contributed by atoms with Gasteiger partial charge in [0.1, 0.15) is 0 Å². The van der Waals surface area contributed by atoms with E-state index in [-0.39, 0.29) is 11.3 Å². The van der Waals surface area contributed by atoms with Gasteiger partial charge in [0.2, 0.25) is 5.91 Å². The summed E-state index contributed by atoms with van der Waals surface area (Å²) < 4.78 is 0. The number of amides is 1. The first-order valence-corrected chi connectivity index (χ1v) is 6.03. The van der Waals surface area contributed by atoms with Crippen LogP contribution in [0.4, 0.5) is 11.4 Å². The van der Waals surface area contributed by atoms with Crippen molar-refractivity contribution in [2.75, 3.05) is 11.1 Å². The first-order valence-electron chi connectivity index (χ1n) is 5.65. The number of anilines is 2. The van der Waals surface area contributed by atoms with E-state index in [9.17, 15) is 4.79 Å². The van der Waals surface area contributed by atoms with Crippen LogP contribution >= 0.6 is 11.6 Å². The number of halogens is 1. The molecule has 0 aliphatic heterocycles. The van der Waals surface area contributed by atoms with Crippen molar-refractivity contribution in [1.29, 1.82) is 0 Å². The van der Waals surface area contributed by atoms with E-state index in [0.29, 0.717) is 10.7 Å². The molecule has 0 saturated carbocycles. The number of nitrogen functional groups attached to an aromatic ring is 1. The van der Waals surface area contributed by atoms with Crippen molar-refractivity contribution in [2.45, 2.75) is 34.1 Å². The number of benzene rings is 1. The van der Waals surface area contributed by atoms with E-state index in [1.807, 2.05) is 27.7 Å². The lowest BCUT2D eigenvalue weighted by atomic mass is 9.89. The Kier molecular flexibility index (Phi) is 4.04. The summed E-state index contributed by atoms with van der Waals surface area (Å²) in [6.45, 7) is 7.71. The van der Waals surface area contributed by atoms with Gasteiger partial charge in [0.15, 0.2) is 0 Å². The number of nitrogens with two attached hydrogens (primary N) is 1. The molecule has 0 radical (unpaired) electrons. The molecule has 0 unspecified atom stereocenters. The first kappa shape index (κ1) is 13.8. The van der Waals surface area contributed by atoms with E-state index in [1.54, 1.807) is 12.1 Å². The highest BCUT2D eigenvalue weighted by Gasteiger charge is 2.25. The molecule has 0 aliphatic carbocycles. The lowest BCUT2D eigenvalue weighted by molar-refractivity contribution is -0.124. The molecule has 0 fully saturated rings. The molecule has 0 bridgehead atoms. The zero-order valence-electron chi connectivity index (χ0n) is 10.7. The van der Waals surface area contributed by atoms with Crippen LogP contribution in [0, 0.1) is 12.3 Å². The second kappa shape index (κ2) is 4.96. The van der Waals surface area contributed by atoms with E-state index in [1.165, 1.54) is 0 Å². The van der Waals surface area contributed by atoms with Crippen molar-refractivity contribution < 1.29 is 4.79 Å². The van der Waals surface area contributed by atoms with Gasteiger partial charge in [0.25, 0.3) is 0 Å². The lowest BCUT2D eigenvalue weighted by Gasteiger charge is -2.22. The Morgan fingerprint density at radius 1 is 1.47 bits per heavy atom. The molecule has 1 aromatic rings. The fourth-order valence-corrected chi connectivity index (χ4v) is 1.45. The first-order chi connectivity index (χ1) is 7.77. The smallest absolute Gasteiger partial charge is 0.230 e. The largest absolute Gasteiger partial charge is 0.398 e. The average molecular weight is 255 g/mol. The molecule has 4 heteroatoms. The van der Waals surface area contributed by atoms with Crippen molar-refractivity contribution in [3.05, 3.63) is 22.7 Å². The molecule has 1 amide bonds. The second-order valence-corrected chi connectivity index (χ2v) is 5.29. The highest BCUT2D eigenvalue weighted by Crippen LogP contribution is 2.29. The fourth-order valence-electron chi connectivity index (χ4n) is 1.29. The van der Waals surface area contributed by atoms with Gasteiger partial charge in [-0.3, -0.25) is 4.79 Å². The van der Waals surface area contributed by atoms with E-state index in [2.05, 4.69) is 5.32 Å². The summed E-state index contributed by atoms with van der Waals surface area (Å²) in [6, 6.07) is 3.45. The van der Waals surface area contributed by atoms with Gasteiger partial charge < -0.3 is 11.1 Å².